The molecule has 0 fully saturated rings. The lowest BCUT2D eigenvalue weighted by Crippen LogP contribution is -2.21. The molecular formula is C20H21N5O2. The van der Waals surface area contributed by atoms with Gasteiger partial charge in [0.2, 0.25) is 6.79 Å². The van der Waals surface area contributed by atoms with Crippen LogP contribution >= 0.6 is 0 Å². The number of nitrogens with one attached hydrogen (secondary N) is 1. The molecule has 0 amide bonds. The van der Waals surface area contributed by atoms with E-state index in [9.17, 15) is 0 Å². The summed E-state index contributed by atoms with van der Waals surface area (Å²) in [6.07, 6.45) is 6.15. The fourth-order valence-electron chi connectivity index (χ4n) is 2.86. The third-order valence-corrected chi connectivity index (χ3v) is 4.44. The standard InChI is InChI=1S/C20H21N5O2/c1-25(9-6-15-4-7-21-8-5-15)20-11-19(23-13-24-20)22-12-16-2-3-17-18(10-16)27-14-26-17/h2-5,7-8,10-11,13H,6,9,12,14H2,1H3,(H,22,23,24). The van der Waals surface area contributed by atoms with E-state index in [0.29, 0.717) is 6.54 Å². The van der Waals surface area contributed by atoms with Crippen LogP contribution in [0.3, 0.4) is 0 Å². The molecule has 1 aliphatic rings. The number of aromatic nitrogens is 3. The molecule has 27 heavy (non-hydrogen) atoms. The molecule has 0 spiro atoms. The van der Waals surface area contributed by atoms with Crippen molar-refractivity contribution in [3.05, 3.63) is 66.2 Å². The van der Waals surface area contributed by atoms with Crippen LogP contribution in [0.2, 0.25) is 0 Å². The molecule has 4 rings (SSSR count). The summed E-state index contributed by atoms with van der Waals surface area (Å²) in [5.41, 5.74) is 2.36. The number of hydrogen-bond acceptors (Lipinski definition) is 7. The summed E-state index contributed by atoms with van der Waals surface area (Å²) in [6.45, 7) is 1.80. The number of pyridine rings is 1. The van der Waals surface area contributed by atoms with Gasteiger partial charge in [-0.1, -0.05) is 6.07 Å². The lowest BCUT2D eigenvalue weighted by atomic mass is 10.2. The van der Waals surface area contributed by atoms with Crippen LogP contribution < -0.4 is 19.7 Å². The average Bonchev–Trinajstić information content (AvgIpc) is 3.19. The predicted octanol–water partition coefficient (Wildman–Crippen LogP) is 2.89. The normalized spacial score (nSPS) is 12.0. The number of fused-ring (bicyclic) bond motifs is 1. The monoisotopic (exact) mass is 363 g/mol. The van der Waals surface area contributed by atoms with Crippen molar-refractivity contribution in [2.24, 2.45) is 0 Å². The largest absolute Gasteiger partial charge is 0.454 e. The van der Waals surface area contributed by atoms with Crippen LogP contribution in [0.5, 0.6) is 11.5 Å². The van der Waals surface area contributed by atoms with Gasteiger partial charge in [-0.3, -0.25) is 4.98 Å². The molecule has 0 aliphatic carbocycles. The van der Waals surface area contributed by atoms with Crippen molar-refractivity contribution in [2.45, 2.75) is 13.0 Å². The molecule has 1 N–H and O–H groups in total. The zero-order valence-corrected chi connectivity index (χ0v) is 15.1. The fourth-order valence-corrected chi connectivity index (χ4v) is 2.86. The molecule has 1 aliphatic heterocycles. The molecule has 0 unspecified atom stereocenters. The molecule has 1 aromatic carbocycles. The van der Waals surface area contributed by atoms with Crippen molar-refractivity contribution in [1.29, 1.82) is 0 Å². The molecule has 0 saturated heterocycles. The SMILES string of the molecule is CN(CCc1ccncc1)c1cc(NCc2ccc3c(c2)OCO3)ncn1. The Balaban J connectivity index is 1.35. The van der Waals surface area contributed by atoms with Crippen LogP contribution in [0.25, 0.3) is 0 Å². The Hall–Kier alpha value is -3.35. The Morgan fingerprint density at radius 3 is 2.74 bits per heavy atom. The highest BCUT2D eigenvalue weighted by Crippen LogP contribution is 2.32. The van der Waals surface area contributed by atoms with Gasteiger partial charge in [-0.15, -0.1) is 0 Å². The number of hydrogen-bond donors (Lipinski definition) is 1. The first kappa shape index (κ1) is 17.1. The first-order valence-corrected chi connectivity index (χ1v) is 8.82. The minimum Gasteiger partial charge on any atom is -0.454 e. The van der Waals surface area contributed by atoms with Gasteiger partial charge in [-0.2, -0.15) is 0 Å². The van der Waals surface area contributed by atoms with Crippen LogP contribution in [0.4, 0.5) is 11.6 Å². The zero-order chi connectivity index (χ0) is 18.5. The summed E-state index contributed by atoms with van der Waals surface area (Å²) in [5.74, 6) is 3.24. The third-order valence-electron chi connectivity index (χ3n) is 4.44. The van der Waals surface area contributed by atoms with E-state index in [4.69, 9.17) is 9.47 Å². The van der Waals surface area contributed by atoms with Crippen molar-refractivity contribution in [2.75, 3.05) is 30.6 Å². The van der Waals surface area contributed by atoms with Crippen LogP contribution in [0.15, 0.2) is 55.1 Å². The smallest absolute Gasteiger partial charge is 0.231 e. The molecule has 3 aromatic rings. The number of benzene rings is 1. The minimum atomic E-state index is 0.285. The maximum absolute atomic E-state index is 5.42. The molecule has 0 saturated carbocycles. The van der Waals surface area contributed by atoms with Crippen LogP contribution in [0.1, 0.15) is 11.1 Å². The van der Waals surface area contributed by atoms with Gasteiger partial charge in [0.1, 0.15) is 18.0 Å². The highest BCUT2D eigenvalue weighted by molar-refractivity contribution is 5.49. The topological polar surface area (TPSA) is 72.4 Å². The Kier molecular flexibility index (Phi) is 5.00. The average molecular weight is 363 g/mol. The van der Waals surface area contributed by atoms with E-state index in [0.717, 1.165) is 41.7 Å². The highest BCUT2D eigenvalue weighted by atomic mass is 16.7. The molecule has 138 valence electrons. The lowest BCUT2D eigenvalue weighted by Gasteiger charge is -2.18. The molecule has 2 aromatic heterocycles. The van der Waals surface area contributed by atoms with Crippen molar-refractivity contribution in [1.82, 2.24) is 15.0 Å². The van der Waals surface area contributed by atoms with Crippen molar-refractivity contribution < 1.29 is 9.47 Å². The van der Waals surface area contributed by atoms with E-state index in [1.807, 2.05) is 55.8 Å². The van der Waals surface area contributed by atoms with Gasteiger partial charge < -0.3 is 19.7 Å². The van der Waals surface area contributed by atoms with Gasteiger partial charge >= 0.3 is 0 Å². The maximum atomic E-state index is 5.42. The van der Waals surface area contributed by atoms with E-state index in [1.165, 1.54) is 5.56 Å². The lowest BCUT2D eigenvalue weighted by molar-refractivity contribution is 0.174. The van der Waals surface area contributed by atoms with Crippen LogP contribution in [0, 0.1) is 0 Å². The predicted molar refractivity (Wildman–Crippen MR) is 103 cm³/mol. The second-order valence-electron chi connectivity index (χ2n) is 6.33. The molecule has 7 heteroatoms. The van der Waals surface area contributed by atoms with Gasteiger partial charge in [-0.25, -0.2) is 9.97 Å². The fraction of sp³-hybridized carbons (Fsp3) is 0.250. The number of anilines is 2. The molecule has 0 radical (unpaired) electrons. The number of likely N-dealkylation sites (N-methyl/N-ethyl adjacent to an activating group) is 1. The summed E-state index contributed by atoms with van der Waals surface area (Å²) in [7, 11) is 2.03. The van der Waals surface area contributed by atoms with Gasteiger partial charge in [0.15, 0.2) is 11.5 Å². The quantitative estimate of drug-likeness (QED) is 0.692. The second kappa shape index (κ2) is 7.90. The molecule has 3 heterocycles. The Bertz CT molecular complexity index is 904. The number of rotatable bonds is 7. The summed E-state index contributed by atoms with van der Waals surface area (Å²) >= 11 is 0. The van der Waals surface area contributed by atoms with Gasteiger partial charge in [-0.05, 0) is 41.8 Å². The zero-order valence-electron chi connectivity index (χ0n) is 15.1. The van der Waals surface area contributed by atoms with Crippen molar-refractivity contribution >= 4 is 11.6 Å². The third kappa shape index (κ3) is 4.25. The number of ether oxygens (including phenoxy) is 2. The highest BCUT2D eigenvalue weighted by Gasteiger charge is 2.13. The molecule has 0 atom stereocenters. The first-order chi connectivity index (χ1) is 13.3. The summed E-state index contributed by atoms with van der Waals surface area (Å²) < 4.78 is 10.8. The summed E-state index contributed by atoms with van der Waals surface area (Å²) in [6, 6.07) is 12.0. The Labute approximate surface area is 158 Å². The van der Waals surface area contributed by atoms with Gasteiger partial charge in [0, 0.05) is 38.6 Å². The Morgan fingerprint density at radius 2 is 1.85 bits per heavy atom. The first-order valence-electron chi connectivity index (χ1n) is 8.82. The van der Waals surface area contributed by atoms with E-state index >= 15 is 0 Å². The van der Waals surface area contributed by atoms with Crippen LogP contribution in [-0.2, 0) is 13.0 Å². The van der Waals surface area contributed by atoms with Crippen molar-refractivity contribution in [3.63, 3.8) is 0 Å². The van der Waals surface area contributed by atoms with E-state index in [-0.39, 0.29) is 6.79 Å². The van der Waals surface area contributed by atoms with Gasteiger partial charge in [0.05, 0.1) is 0 Å². The molecule has 7 nitrogen and oxygen atoms in total. The van der Waals surface area contributed by atoms with E-state index in [2.05, 4.69) is 25.2 Å². The maximum Gasteiger partial charge on any atom is 0.231 e. The van der Waals surface area contributed by atoms with E-state index in [1.54, 1.807) is 6.33 Å². The molecular weight excluding hydrogens is 342 g/mol. The van der Waals surface area contributed by atoms with Crippen LogP contribution in [-0.4, -0.2) is 35.3 Å². The van der Waals surface area contributed by atoms with E-state index < -0.39 is 0 Å². The number of nitrogens with zero attached hydrogens (tertiary/aromatic N) is 4. The van der Waals surface area contributed by atoms with Crippen molar-refractivity contribution in [3.8, 4) is 11.5 Å². The molecule has 0 bridgehead atoms. The summed E-state index contributed by atoms with van der Waals surface area (Å²) in [5, 5.41) is 3.34. The van der Waals surface area contributed by atoms with Gasteiger partial charge in [0.25, 0.3) is 0 Å². The second-order valence-corrected chi connectivity index (χ2v) is 6.33. The Morgan fingerprint density at radius 1 is 1.00 bits per heavy atom. The summed E-state index contributed by atoms with van der Waals surface area (Å²) in [4.78, 5) is 14.9. The minimum absolute atomic E-state index is 0.285.